The number of fused-ring (bicyclic) bond motifs is 3. The topological polar surface area (TPSA) is 118 Å². The number of aromatic nitrogens is 2. The van der Waals surface area contributed by atoms with Gasteiger partial charge in [0.2, 0.25) is 0 Å². The molecule has 7 heteroatoms. The van der Waals surface area contributed by atoms with Gasteiger partial charge in [0.15, 0.2) is 11.6 Å². The number of Topliss-reactive ketones (excluding diaryl/α,β-unsaturated/α-hetero) is 2. The van der Waals surface area contributed by atoms with Gasteiger partial charge in [-0.1, -0.05) is 24.3 Å². The van der Waals surface area contributed by atoms with E-state index in [1.807, 2.05) is 0 Å². The molecule has 4 N–H and O–H groups in total. The normalized spacial score (nSPS) is 18.9. The maximum atomic E-state index is 12.7. The van der Waals surface area contributed by atoms with E-state index in [2.05, 4.69) is 15.3 Å². The summed E-state index contributed by atoms with van der Waals surface area (Å²) in [6.07, 6.45) is 0. The second kappa shape index (κ2) is 4.39. The van der Waals surface area contributed by atoms with E-state index >= 15 is 0 Å². The number of carbonyl (C=O) groups excluding carboxylic acids is 2. The standard InChI is InChI=1S/C16H12N4O3/c1-6-18-15-10(16(23)19-6)11(17)9-12(20-15)14(22)8-5-3-2-4-7(8)13(9)21/h2-5,12H,17H2,1H3,(H2,18,19,20,23). The number of aromatic amines is 1. The highest BCUT2D eigenvalue weighted by Gasteiger charge is 2.42. The molecule has 2 aliphatic rings. The number of H-pyrrole nitrogens is 1. The molecule has 0 radical (unpaired) electrons. The quantitative estimate of drug-likeness (QED) is 0.656. The van der Waals surface area contributed by atoms with Crippen LogP contribution in [0.5, 0.6) is 0 Å². The minimum absolute atomic E-state index is 0.00496. The fourth-order valence-electron chi connectivity index (χ4n) is 3.09. The van der Waals surface area contributed by atoms with Crippen LogP contribution >= 0.6 is 0 Å². The van der Waals surface area contributed by atoms with Crippen LogP contribution in [0.25, 0.3) is 5.70 Å². The van der Waals surface area contributed by atoms with Crippen molar-refractivity contribution in [3.8, 4) is 0 Å². The van der Waals surface area contributed by atoms with Crippen LogP contribution < -0.4 is 16.6 Å². The molecule has 1 unspecified atom stereocenters. The summed E-state index contributed by atoms with van der Waals surface area (Å²) in [5, 5.41) is 2.89. The first-order chi connectivity index (χ1) is 11.0. The number of anilines is 1. The van der Waals surface area contributed by atoms with Crippen molar-refractivity contribution in [3.05, 3.63) is 62.7 Å². The van der Waals surface area contributed by atoms with E-state index in [4.69, 9.17) is 5.73 Å². The maximum absolute atomic E-state index is 12.7. The number of rotatable bonds is 0. The average molecular weight is 308 g/mol. The Morgan fingerprint density at radius 2 is 1.83 bits per heavy atom. The second-order valence-electron chi connectivity index (χ2n) is 5.52. The number of hydrogen-bond acceptors (Lipinski definition) is 6. The number of hydrogen-bond donors (Lipinski definition) is 3. The van der Waals surface area contributed by atoms with Crippen molar-refractivity contribution in [1.29, 1.82) is 0 Å². The van der Waals surface area contributed by atoms with Gasteiger partial charge in [-0.15, -0.1) is 0 Å². The molecule has 0 saturated carbocycles. The molecule has 2 heterocycles. The van der Waals surface area contributed by atoms with Crippen LogP contribution in [-0.4, -0.2) is 27.6 Å². The van der Waals surface area contributed by atoms with Gasteiger partial charge in [-0.3, -0.25) is 14.4 Å². The zero-order valence-corrected chi connectivity index (χ0v) is 12.1. The van der Waals surface area contributed by atoms with Crippen LogP contribution in [-0.2, 0) is 0 Å². The number of aryl methyl sites for hydroxylation is 1. The Balaban J connectivity index is 2.04. The van der Waals surface area contributed by atoms with Gasteiger partial charge in [0, 0.05) is 11.1 Å². The predicted octanol–water partition coefficient (Wildman–Crippen LogP) is 0.621. The van der Waals surface area contributed by atoms with Crippen molar-refractivity contribution in [1.82, 2.24) is 9.97 Å². The smallest absolute Gasteiger partial charge is 0.262 e. The van der Waals surface area contributed by atoms with Gasteiger partial charge < -0.3 is 16.0 Å². The second-order valence-corrected chi connectivity index (χ2v) is 5.52. The van der Waals surface area contributed by atoms with Crippen LogP contribution in [0.2, 0.25) is 0 Å². The Bertz CT molecular complexity index is 987. The van der Waals surface area contributed by atoms with Crippen molar-refractivity contribution in [3.63, 3.8) is 0 Å². The molecule has 4 rings (SSSR count). The summed E-state index contributed by atoms with van der Waals surface area (Å²) < 4.78 is 0. The summed E-state index contributed by atoms with van der Waals surface area (Å²) in [5.41, 5.74) is 6.48. The van der Waals surface area contributed by atoms with Crippen LogP contribution in [0.15, 0.2) is 34.6 Å². The molecule has 1 aromatic heterocycles. The summed E-state index contributed by atoms with van der Waals surface area (Å²) in [7, 11) is 0. The van der Waals surface area contributed by atoms with E-state index in [0.29, 0.717) is 17.0 Å². The lowest BCUT2D eigenvalue weighted by atomic mass is 9.79. The molecule has 0 saturated heterocycles. The van der Waals surface area contributed by atoms with Crippen LogP contribution in [0.1, 0.15) is 32.1 Å². The molecule has 0 spiro atoms. The third-order valence-corrected chi connectivity index (χ3v) is 4.11. The maximum Gasteiger partial charge on any atom is 0.262 e. The largest absolute Gasteiger partial charge is 0.398 e. The van der Waals surface area contributed by atoms with E-state index in [1.165, 1.54) is 0 Å². The summed E-state index contributed by atoms with van der Waals surface area (Å²) in [6.45, 7) is 1.63. The van der Waals surface area contributed by atoms with Crippen molar-refractivity contribution >= 4 is 23.1 Å². The Morgan fingerprint density at radius 1 is 1.13 bits per heavy atom. The number of nitrogens with one attached hydrogen (secondary N) is 2. The zero-order valence-electron chi connectivity index (χ0n) is 12.1. The molecule has 114 valence electrons. The summed E-state index contributed by atoms with van der Waals surface area (Å²) >= 11 is 0. The van der Waals surface area contributed by atoms with E-state index < -0.39 is 11.6 Å². The van der Waals surface area contributed by atoms with Crippen molar-refractivity contribution in [2.75, 3.05) is 5.32 Å². The van der Waals surface area contributed by atoms with Gasteiger partial charge in [-0.05, 0) is 6.92 Å². The van der Waals surface area contributed by atoms with Crippen LogP contribution in [0, 0.1) is 6.92 Å². The molecule has 1 aliphatic carbocycles. The minimum atomic E-state index is -0.918. The Labute approximate surface area is 130 Å². The van der Waals surface area contributed by atoms with Gasteiger partial charge in [0.25, 0.3) is 5.56 Å². The first-order valence-corrected chi connectivity index (χ1v) is 7.04. The van der Waals surface area contributed by atoms with Crippen LogP contribution in [0.4, 0.5) is 5.82 Å². The Morgan fingerprint density at radius 3 is 2.57 bits per heavy atom. The van der Waals surface area contributed by atoms with E-state index in [1.54, 1.807) is 31.2 Å². The predicted molar refractivity (Wildman–Crippen MR) is 83.2 cm³/mol. The highest BCUT2D eigenvalue weighted by molar-refractivity contribution is 6.28. The number of nitrogens with two attached hydrogens (primary N) is 1. The van der Waals surface area contributed by atoms with Crippen molar-refractivity contribution in [2.24, 2.45) is 5.73 Å². The van der Waals surface area contributed by atoms with Gasteiger partial charge in [0.1, 0.15) is 23.2 Å². The molecule has 1 atom stereocenters. The van der Waals surface area contributed by atoms with Crippen molar-refractivity contribution in [2.45, 2.75) is 13.0 Å². The van der Waals surface area contributed by atoms with E-state index in [-0.39, 0.29) is 34.2 Å². The van der Waals surface area contributed by atoms with Gasteiger partial charge in [0.05, 0.1) is 11.3 Å². The minimum Gasteiger partial charge on any atom is -0.398 e. The monoisotopic (exact) mass is 308 g/mol. The number of benzene rings is 1. The molecule has 0 fully saturated rings. The van der Waals surface area contributed by atoms with E-state index in [0.717, 1.165) is 0 Å². The Hall–Kier alpha value is -3.22. The fourth-order valence-corrected chi connectivity index (χ4v) is 3.09. The lowest BCUT2D eigenvalue weighted by Crippen LogP contribution is -2.45. The third-order valence-electron chi connectivity index (χ3n) is 4.11. The van der Waals surface area contributed by atoms with Crippen LogP contribution in [0.3, 0.4) is 0 Å². The zero-order chi connectivity index (χ0) is 16.3. The highest BCUT2D eigenvalue weighted by atomic mass is 16.1. The van der Waals surface area contributed by atoms with Gasteiger partial charge in [-0.2, -0.15) is 0 Å². The first-order valence-electron chi connectivity index (χ1n) is 7.04. The Kier molecular flexibility index (Phi) is 2.57. The van der Waals surface area contributed by atoms with Crippen molar-refractivity contribution < 1.29 is 9.59 Å². The third kappa shape index (κ3) is 1.70. The highest BCUT2D eigenvalue weighted by Crippen LogP contribution is 2.35. The molecule has 0 amide bonds. The molecular weight excluding hydrogens is 296 g/mol. The molecular formula is C16H12N4O3. The molecule has 7 nitrogen and oxygen atoms in total. The lowest BCUT2D eigenvalue weighted by Gasteiger charge is -2.31. The molecule has 1 aliphatic heterocycles. The molecule has 1 aromatic carbocycles. The average Bonchev–Trinajstić information content (AvgIpc) is 2.51. The summed E-state index contributed by atoms with van der Waals surface area (Å²) in [5.74, 6) is 0.00914. The number of nitrogens with zero attached hydrogens (tertiary/aromatic N) is 1. The number of carbonyl (C=O) groups is 2. The molecule has 23 heavy (non-hydrogen) atoms. The first kappa shape index (κ1) is 13.4. The van der Waals surface area contributed by atoms with Gasteiger partial charge in [-0.25, -0.2) is 4.98 Å². The lowest BCUT2D eigenvalue weighted by molar-refractivity contribution is 0.0924. The molecule has 2 aromatic rings. The molecule has 0 bridgehead atoms. The number of ketones is 2. The summed E-state index contributed by atoms with van der Waals surface area (Å²) in [4.78, 5) is 44.3. The van der Waals surface area contributed by atoms with E-state index in [9.17, 15) is 14.4 Å². The summed E-state index contributed by atoms with van der Waals surface area (Å²) in [6, 6.07) is 5.66. The van der Waals surface area contributed by atoms with Gasteiger partial charge >= 0.3 is 0 Å². The SMILES string of the molecule is Cc1nc2c(c(=O)[nH]1)C(N)=C1C(=O)c3ccccc3C(=O)C1N2. The fraction of sp³-hybridized carbons (Fsp3) is 0.125.